The van der Waals surface area contributed by atoms with Gasteiger partial charge in [-0.15, -0.1) is 6.61 Å². The maximum atomic E-state index is 10.9. The van der Waals surface area contributed by atoms with Gasteiger partial charge >= 0.3 is 65.1 Å². The summed E-state index contributed by atoms with van der Waals surface area (Å²) < 4.78 is 38.4. The third kappa shape index (κ3) is 7.53. The molecule has 0 fully saturated rings. The van der Waals surface area contributed by atoms with Gasteiger partial charge in [0.05, 0.1) is 6.10 Å². The molecule has 0 aromatic rings. The van der Waals surface area contributed by atoms with E-state index in [0.29, 0.717) is 0 Å². The summed E-state index contributed by atoms with van der Waals surface area (Å²) in [5.41, 5.74) is 0. The van der Waals surface area contributed by atoms with E-state index >= 15 is 0 Å². The van der Waals surface area contributed by atoms with Gasteiger partial charge in [0.15, 0.2) is 11.9 Å². The first-order valence-corrected chi connectivity index (χ1v) is 5.15. The van der Waals surface area contributed by atoms with Gasteiger partial charge in [-0.05, 0) is 0 Å². The Morgan fingerprint density at radius 1 is 1.35 bits per heavy atom. The number of aliphatic hydroxyl groups excluding tert-OH is 2. The molecule has 11 nitrogen and oxygen atoms in total. The number of aliphatic hydroxyl groups is 2. The molecular weight excluding hydrogens is 326 g/mol. The summed E-state index contributed by atoms with van der Waals surface area (Å²) in [7, 11) is -5.26. The van der Waals surface area contributed by atoms with E-state index in [-0.39, 0.29) is 70.1 Å². The Kier molecular flexibility index (Phi) is 16.0. The van der Waals surface area contributed by atoms with Gasteiger partial charge in [-0.1, -0.05) is 0 Å². The van der Waals surface area contributed by atoms with Gasteiger partial charge in [-0.3, -0.25) is 0 Å². The minimum absolute atomic E-state index is 0. The van der Waals surface area contributed by atoms with Crippen LogP contribution >= 0.6 is 0 Å². The normalized spacial score (nSPS) is 18.6. The van der Waals surface area contributed by atoms with Crippen LogP contribution in [0.3, 0.4) is 0 Å². The summed E-state index contributed by atoms with van der Waals surface area (Å²) in [6.07, 6.45) is -3.49. The van der Waals surface area contributed by atoms with E-state index in [0.717, 1.165) is 0 Å². The fourth-order valence-corrected chi connectivity index (χ4v) is 1.34. The second kappa shape index (κ2) is 11.2. The Balaban J connectivity index is -0.000000320. The Hall–Kier alpha value is 0.560. The number of ether oxygens (including phenoxy) is 1. The van der Waals surface area contributed by atoms with Gasteiger partial charge in [0, 0.05) is 0 Å². The van der Waals surface area contributed by atoms with E-state index in [9.17, 15) is 28.0 Å². The van der Waals surface area contributed by atoms with Crippen LogP contribution in [0.5, 0.6) is 0 Å². The molecule has 0 amide bonds. The van der Waals surface area contributed by atoms with E-state index < -0.39 is 46.7 Å². The van der Waals surface area contributed by atoms with Crippen LogP contribution in [0.25, 0.3) is 0 Å². The van der Waals surface area contributed by atoms with E-state index in [1.54, 1.807) is 0 Å². The van der Waals surface area contributed by atoms with Crippen LogP contribution in [0.4, 0.5) is 0 Å². The first-order chi connectivity index (χ1) is 7.26. The molecule has 0 bridgehead atoms. The summed E-state index contributed by atoms with van der Waals surface area (Å²) in [6.45, 7) is -1.10. The average molecular weight is 336 g/mol. The fraction of sp³-hybridized carbons (Fsp3) is 0.500. The predicted molar refractivity (Wildman–Crippen MR) is 48.4 cm³/mol. The number of carbonyl (C=O) groups excluding carboxylic acids is 1. The largest absolute Gasteiger partial charge is 1.00 e. The Morgan fingerprint density at radius 2 is 1.80 bits per heavy atom. The molecule has 1 heterocycles. The molecule has 0 spiro atoms. The smallest absolute Gasteiger partial charge is 0.853 e. The van der Waals surface area contributed by atoms with Gasteiger partial charge in [0.1, 0.15) is 0 Å². The minimum Gasteiger partial charge on any atom is -0.853 e. The topological polar surface area (TPSA) is 219 Å². The molecular formula is C6H10Na2O11S. The number of rotatable bonds is 4. The van der Waals surface area contributed by atoms with Gasteiger partial charge in [-0.25, -0.2) is 13.2 Å². The van der Waals surface area contributed by atoms with E-state index in [1.807, 2.05) is 0 Å². The number of hydrogen-bond donors (Lipinski definition) is 2. The standard InChI is InChI=1S/C6H7O9S.2Na.2H2O/c7-1-2(8)4-3(9)5(6(10)14-4)15-16(11,12)13;;;;/h2,4,8-9H,1H2,(H,11,12,13);;;2*1H2/q-1;2*+1;;/p-1/t2-,4-;;;;/m0..../s1. The maximum Gasteiger partial charge on any atom is 1.00 e. The molecule has 1 aliphatic heterocycles. The predicted octanol–water partition coefficient (Wildman–Crippen LogP) is -10.8. The van der Waals surface area contributed by atoms with Gasteiger partial charge in [0.2, 0.25) is 0 Å². The van der Waals surface area contributed by atoms with Crippen molar-refractivity contribution in [2.45, 2.75) is 12.2 Å². The summed E-state index contributed by atoms with van der Waals surface area (Å²) >= 11 is 0. The molecule has 2 atom stereocenters. The third-order valence-electron chi connectivity index (χ3n) is 1.63. The van der Waals surface area contributed by atoms with Crippen molar-refractivity contribution < 1.29 is 112 Å². The first-order valence-electron chi connectivity index (χ1n) is 3.82. The molecule has 0 radical (unpaired) electrons. The summed E-state index contributed by atoms with van der Waals surface area (Å²) in [5, 5.41) is 28.5. The Bertz CT molecular complexity index is 432. The van der Waals surface area contributed by atoms with Gasteiger partial charge in [-0.2, -0.15) is 0 Å². The van der Waals surface area contributed by atoms with E-state index in [2.05, 4.69) is 8.92 Å². The second-order valence-electron chi connectivity index (χ2n) is 2.77. The van der Waals surface area contributed by atoms with Crippen molar-refractivity contribution >= 4 is 16.4 Å². The zero-order valence-electron chi connectivity index (χ0n) is 10.5. The fourth-order valence-electron chi connectivity index (χ4n) is 0.985. The molecule has 0 saturated heterocycles. The maximum absolute atomic E-state index is 10.9. The van der Waals surface area contributed by atoms with Crippen LogP contribution < -0.4 is 64.2 Å². The zero-order valence-corrected chi connectivity index (χ0v) is 15.3. The summed E-state index contributed by atoms with van der Waals surface area (Å²) in [4.78, 5) is 10.9. The van der Waals surface area contributed by atoms with Crippen LogP contribution in [-0.4, -0.2) is 58.9 Å². The van der Waals surface area contributed by atoms with Crippen molar-refractivity contribution in [1.82, 2.24) is 0 Å². The number of carbonyl (C=O) groups is 1. The molecule has 1 rings (SSSR count). The molecule has 0 unspecified atom stereocenters. The molecule has 14 heteroatoms. The van der Waals surface area contributed by atoms with E-state index in [4.69, 9.17) is 5.11 Å². The van der Waals surface area contributed by atoms with Gasteiger partial charge < -0.3 is 39.7 Å². The van der Waals surface area contributed by atoms with Crippen molar-refractivity contribution in [3.05, 3.63) is 11.5 Å². The van der Waals surface area contributed by atoms with Crippen LogP contribution in [0, 0.1) is 0 Å². The van der Waals surface area contributed by atoms with Crippen molar-refractivity contribution in [2.24, 2.45) is 0 Å². The molecule has 0 aromatic heterocycles. The Labute approximate surface area is 157 Å². The number of hydrogen-bond acceptors (Lipinski definition) is 9. The Morgan fingerprint density at radius 3 is 2.15 bits per heavy atom. The SMILES string of the molecule is O.O.O=C1O[C@@H]([C@@H](O)C[O-])C(O)=C1OS(=O)(=O)[O-].[Na+].[Na+]. The molecule has 1 aliphatic rings. The van der Waals surface area contributed by atoms with Crippen LogP contribution in [0.1, 0.15) is 0 Å². The second-order valence-corrected chi connectivity index (χ2v) is 3.75. The summed E-state index contributed by atoms with van der Waals surface area (Å²) in [5.74, 6) is -3.80. The molecule has 0 aliphatic carbocycles. The minimum atomic E-state index is -5.26. The van der Waals surface area contributed by atoms with Crippen molar-refractivity contribution in [3.63, 3.8) is 0 Å². The van der Waals surface area contributed by atoms with Crippen LogP contribution in [-0.2, 0) is 24.1 Å². The molecule has 0 aromatic carbocycles. The monoisotopic (exact) mass is 336 g/mol. The number of cyclic esters (lactones) is 1. The van der Waals surface area contributed by atoms with Crippen molar-refractivity contribution in [2.75, 3.05) is 6.61 Å². The zero-order chi connectivity index (χ0) is 12.5. The summed E-state index contributed by atoms with van der Waals surface area (Å²) in [6, 6.07) is 0. The third-order valence-corrected chi connectivity index (χ3v) is 2.00. The quantitative estimate of drug-likeness (QED) is 0.215. The molecule has 20 heavy (non-hydrogen) atoms. The molecule has 108 valence electrons. The van der Waals surface area contributed by atoms with Crippen LogP contribution in [0.2, 0.25) is 0 Å². The van der Waals surface area contributed by atoms with Crippen molar-refractivity contribution in [3.8, 4) is 0 Å². The average Bonchev–Trinajstić information content (AvgIpc) is 2.42. The first kappa shape index (κ1) is 28.7. The number of esters is 1. The van der Waals surface area contributed by atoms with Crippen LogP contribution in [0.15, 0.2) is 11.5 Å². The van der Waals surface area contributed by atoms with E-state index in [1.165, 1.54) is 0 Å². The molecule has 6 N–H and O–H groups in total. The van der Waals surface area contributed by atoms with Gasteiger partial charge in [0.25, 0.3) is 16.2 Å². The van der Waals surface area contributed by atoms with Crippen molar-refractivity contribution in [1.29, 1.82) is 0 Å². The molecule has 0 saturated carbocycles.